The summed E-state index contributed by atoms with van der Waals surface area (Å²) in [7, 11) is 0. The summed E-state index contributed by atoms with van der Waals surface area (Å²) >= 11 is 1.59. The lowest BCUT2D eigenvalue weighted by Gasteiger charge is -2.18. The fraction of sp³-hybridized carbons (Fsp3) is 0.923. The molecular formula is C13H25FO2S. The molecule has 0 fully saturated rings. The second-order valence-electron chi connectivity index (χ2n) is 4.63. The Bertz CT molecular complexity index is 208. The Hall–Kier alpha value is -0.250. The summed E-state index contributed by atoms with van der Waals surface area (Å²) in [5, 5.41) is -0.114. The maximum Gasteiger partial charge on any atom is 0.319 e. The van der Waals surface area contributed by atoms with Crippen LogP contribution >= 0.6 is 11.8 Å². The third-order valence-electron chi connectivity index (χ3n) is 2.33. The summed E-state index contributed by atoms with van der Waals surface area (Å²) in [5.41, 5.74) is 0. The van der Waals surface area contributed by atoms with E-state index in [4.69, 9.17) is 4.74 Å². The molecule has 0 heterocycles. The Balaban J connectivity index is 3.94. The first-order valence-electron chi connectivity index (χ1n) is 6.41. The van der Waals surface area contributed by atoms with Gasteiger partial charge in [0.25, 0.3) is 0 Å². The van der Waals surface area contributed by atoms with Gasteiger partial charge in [0, 0.05) is 0 Å². The molecule has 0 bridgehead atoms. The molecule has 17 heavy (non-hydrogen) atoms. The molecule has 4 heteroatoms. The Morgan fingerprint density at radius 2 is 2.00 bits per heavy atom. The number of thioether (sulfide) groups is 1. The molecule has 2 nitrogen and oxygen atoms in total. The maximum absolute atomic E-state index is 12.6. The summed E-state index contributed by atoms with van der Waals surface area (Å²) in [6.45, 7) is 8.07. The van der Waals surface area contributed by atoms with Crippen LogP contribution in [0.25, 0.3) is 0 Å². The van der Waals surface area contributed by atoms with Gasteiger partial charge in [0.2, 0.25) is 0 Å². The van der Waals surface area contributed by atoms with E-state index >= 15 is 0 Å². The average molecular weight is 264 g/mol. The number of esters is 1. The van der Waals surface area contributed by atoms with Crippen LogP contribution < -0.4 is 0 Å². The fourth-order valence-electron chi connectivity index (χ4n) is 1.39. The standard InChI is InChI=1S/C13H25FO2S/c1-5-8-16-13(15)12(10(2)3)17-9-6-7-11(4)14/h10-12H,5-9H2,1-4H3. The Morgan fingerprint density at radius 3 is 2.47 bits per heavy atom. The van der Waals surface area contributed by atoms with Crippen molar-refractivity contribution in [1.82, 2.24) is 0 Å². The summed E-state index contributed by atoms with van der Waals surface area (Å²) in [6.07, 6.45) is 1.48. The minimum Gasteiger partial charge on any atom is -0.465 e. The van der Waals surface area contributed by atoms with E-state index in [1.807, 2.05) is 20.8 Å². The second kappa shape index (κ2) is 9.75. The Kier molecular flexibility index (Phi) is 9.60. The van der Waals surface area contributed by atoms with Gasteiger partial charge in [-0.25, -0.2) is 4.39 Å². The van der Waals surface area contributed by atoms with Crippen LogP contribution in [0.4, 0.5) is 4.39 Å². The smallest absolute Gasteiger partial charge is 0.319 e. The van der Waals surface area contributed by atoms with Gasteiger partial charge in [-0.2, -0.15) is 0 Å². The lowest BCUT2D eigenvalue weighted by atomic mass is 10.1. The lowest BCUT2D eigenvalue weighted by molar-refractivity contribution is -0.143. The molecule has 0 aliphatic heterocycles. The molecule has 0 aromatic heterocycles. The van der Waals surface area contributed by atoms with Crippen LogP contribution in [0.3, 0.4) is 0 Å². The first-order valence-corrected chi connectivity index (χ1v) is 7.46. The normalized spacial score (nSPS) is 14.7. The number of halogens is 1. The van der Waals surface area contributed by atoms with Crippen LogP contribution in [0, 0.1) is 5.92 Å². The van der Waals surface area contributed by atoms with E-state index in [0.29, 0.717) is 13.0 Å². The van der Waals surface area contributed by atoms with Crippen molar-refractivity contribution in [2.24, 2.45) is 5.92 Å². The van der Waals surface area contributed by atoms with Crippen LogP contribution in [-0.2, 0) is 9.53 Å². The van der Waals surface area contributed by atoms with Gasteiger partial charge in [-0.15, -0.1) is 11.8 Å². The molecule has 0 saturated carbocycles. The van der Waals surface area contributed by atoms with E-state index in [9.17, 15) is 9.18 Å². The first-order chi connectivity index (χ1) is 7.99. The zero-order chi connectivity index (χ0) is 13.3. The van der Waals surface area contributed by atoms with Gasteiger partial charge >= 0.3 is 5.97 Å². The molecule has 0 saturated heterocycles. The first kappa shape index (κ1) is 16.8. The van der Waals surface area contributed by atoms with E-state index in [1.54, 1.807) is 18.7 Å². The topological polar surface area (TPSA) is 26.3 Å². The highest BCUT2D eigenvalue weighted by atomic mass is 32.2. The van der Waals surface area contributed by atoms with E-state index in [1.165, 1.54) is 0 Å². The van der Waals surface area contributed by atoms with Gasteiger partial charge in [-0.1, -0.05) is 20.8 Å². The third kappa shape index (κ3) is 8.47. The highest BCUT2D eigenvalue weighted by molar-refractivity contribution is 8.00. The van der Waals surface area contributed by atoms with Crippen LogP contribution in [0.1, 0.15) is 47.0 Å². The Morgan fingerprint density at radius 1 is 1.35 bits per heavy atom. The lowest BCUT2D eigenvalue weighted by Crippen LogP contribution is -2.26. The number of rotatable bonds is 9. The molecule has 0 N–H and O–H groups in total. The van der Waals surface area contributed by atoms with Crippen molar-refractivity contribution < 1.29 is 13.9 Å². The average Bonchev–Trinajstić information content (AvgIpc) is 2.24. The molecular weight excluding hydrogens is 239 g/mol. The Labute approximate surface area is 109 Å². The summed E-state index contributed by atoms with van der Waals surface area (Å²) in [4.78, 5) is 11.8. The molecule has 102 valence electrons. The number of hydrogen-bond donors (Lipinski definition) is 0. The largest absolute Gasteiger partial charge is 0.465 e. The monoisotopic (exact) mass is 264 g/mol. The van der Waals surface area contributed by atoms with Crippen LogP contribution in [0.2, 0.25) is 0 Å². The van der Waals surface area contributed by atoms with Crippen molar-refractivity contribution >= 4 is 17.7 Å². The van der Waals surface area contributed by atoms with E-state index in [0.717, 1.165) is 18.6 Å². The number of carbonyl (C=O) groups is 1. The molecule has 0 aliphatic carbocycles. The molecule has 0 rings (SSSR count). The second-order valence-corrected chi connectivity index (χ2v) is 5.88. The molecule has 0 aliphatic rings. The van der Waals surface area contributed by atoms with Crippen LogP contribution in [0.15, 0.2) is 0 Å². The van der Waals surface area contributed by atoms with Crippen LogP contribution in [0.5, 0.6) is 0 Å². The molecule has 0 radical (unpaired) electrons. The minimum atomic E-state index is -0.750. The van der Waals surface area contributed by atoms with Crippen molar-refractivity contribution in [3.63, 3.8) is 0 Å². The fourth-order valence-corrected chi connectivity index (χ4v) is 2.57. The summed E-state index contributed by atoms with van der Waals surface area (Å²) < 4.78 is 17.8. The van der Waals surface area contributed by atoms with Crippen molar-refractivity contribution in [2.45, 2.75) is 58.4 Å². The highest BCUT2D eigenvalue weighted by Crippen LogP contribution is 2.22. The van der Waals surface area contributed by atoms with E-state index in [-0.39, 0.29) is 17.1 Å². The third-order valence-corrected chi connectivity index (χ3v) is 3.95. The van der Waals surface area contributed by atoms with Gasteiger partial charge in [0.1, 0.15) is 5.25 Å². The summed E-state index contributed by atoms with van der Waals surface area (Å²) in [6, 6.07) is 0. The zero-order valence-corrected chi connectivity index (χ0v) is 12.2. The van der Waals surface area contributed by atoms with Crippen molar-refractivity contribution in [3.05, 3.63) is 0 Å². The van der Waals surface area contributed by atoms with E-state index < -0.39 is 6.17 Å². The quantitative estimate of drug-likeness (QED) is 0.467. The molecule has 0 aromatic carbocycles. The predicted octanol–water partition coefficient (Wildman–Crippen LogP) is 3.84. The van der Waals surface area contributed by atoms with Crippen molar-refractivity contribution in [1.29, 1.82) is 0 Å². The molecule has 2 atom stereocenters. The van der Waals surface area contributed by atoms with Gasteiger partial charge < -0.3 is 4.74 Å². The molecule has 0 aromatic rings. The number of carbonyl (C=O) groups excluding carboxylic acids is 1. The van der Waals surface area contributed by atoms with Gasteiger partial charge in [-0.05, 0) is 37.9 Å². The molecule has 0 amide bonds. The number of alkyl halides is 1. The summed E-state index contributed by atoms with van der Waals surface area (Å²) in [5.74, 6) is 0.950. The SMILES string of the molecule is CCCOC(=O)C(SCCCC(C)F)C(C)C. The maximum atomic E-state index is 12.6. The van der Waals surface area contributed by atoms with Crippen LogP contribution in [-0.4, -0.2) is 29.8 Å². The van der Waals surface area contributed by atoms with E-state index in [2.05, 4.69) is 0 Å². The van der Waals surface area contributed by atoms with Crippen molar-refractivity contribution in [3.8, 4) is 0 Å². The highest BCUT2D eigenvalue weighted by Gasteiger charge is 2.23. The molecule has 0 spiro atoms. The number of ether oxygens (including phenoxy) is 1. The van der Waals surface area contributed by atoms with Gasteiger partial charge in [0.15, 0.2) is 0 Å². The van der Waals surface area contributed by atoms with Crippen molar-refractivity contribution in [2.75, 3.05) is 12.4 Å². The predicted molar refractivity (Wildman–Crippen MR) is 72.1 cm³/mol. The number of hydrogen-bond acceptors (Lipinski definition) is 3. The molecule has 2 unspecified atom stereocenters. The van der Waals surface area contributed by atoms with Gasteiger partial charge in [0.05, 0.1) is 12.8 Å². The van der Waals surface area contributed by atoms with Gasteiger partial charge in [-0.3, -0.25) is 4.79 Å². The zero-order valence-electron chi connectivity index (χ0n) is 11.4. The minimum absolute atomic E-state index is 0.114.